The maximum Gasteiger partial charge on any atom is 0.307 e. The van der Waals surface area contributed by atoms with Gasteiger partial charge in [0.15, 0.2) is 16.3 Å². The van der Waals surface area contributed by atoms with Crippen LogP contribution in [0.5, 0.6) is 11.5 Å². The average molecular weight is 441 g/mol. The second-order valence-electron chi connectivity index (χ2n) is 7.29. The predicted octanol–water partition coefficient (Wildman–Crippen LogP) is 3.79. The summed E-state index contributed by atoms with van der Waals surface area (Å²) in [7, 11) is 0. The van der Waals surface area contributed by atoms with Crippen LogP contribution < -0.4 is 14.3 Å². The van der Waals surface area contributed by atoms with E-state index in [2.05, 4.69) is 4.99 Å². The first-order chi connectivity index (χ1) is 15.0. The number of rotatable bonds is 5. The minimum absolute atomic E-state index is 0.180. The molecule has 0 unspecified atom stereocenters. The molecular formula is C23H24N2O5S. The topological polar surface area (TPSA) is 79.1 Å². The van der Waals surface area contributed by atoms with Crippen molar-refractivity contribution in [2.24, 2.45) is 4.99 Å². The fraction of sp³-hybridized carbons (Fsp3) is 0.348. The van der Waals surface area contributed by atoms with Crippen molar-refractivity contribution in [1.29, 1.82) is 0 Å². The van der Waals surface area contributed by atoms with Gasteiger partial charge in [-0.2, -0.15) is 4.99 Å². The van der Waals surface area contributed by atoms with E-state index in [0.717, 1.165) is 21.3 Å². The Hall–Kier alpha value is -3.13. The summed E-state index contributed by atoms with van der Waals surface area (Å²) >= 11 is 1.38. The molecule has 2 aromatic carbocycles. The molecule has 7 nitrogen and oxygen atoms in total. The van der Waals surface area contributed by atoms with E-state index in [0.29, 0.717) is 48.2 Å². The lowest BCUT2D eigenvalue weighted by Gasteiger charge is -2.18. The Bertz CT molecular complexity index is 1220. The number of thiazole rings is 1. The molecule has 1 amide bonds. The maximum atomic E-state index is 13.0. The summed E-state index contributed by atoms with van der Waals surface area (Å²) in [5, 5.41) is 0. The van der Waals surface area contributed by atoms with Crippen LogP contribution in [0.3, 0.4) is 0 Å². The maximum absolute atomic E-state index is 13.0. The number of hydrogen-bond acceptors (Lipinski definition) is 6. The van der Waals surface area contributed by atoms with E-state index >= 15 is 0 Å². The molecule has 0 N–H and O–H groups in total. The summed E-state index contributed by atoms with van der Waals surface area (Å²) in [6.45, 7) is 7.26. The van der Waals surface area contributed by atoms with E-state index in [1.165, 1.54) is 11.3 Å². The molecule has 0 fully saturated rings. The van der Waals surface area contributed by atoms with Gasteiger partial charge in [-0.1, -0.05) is 29.0 Å². The van der Waals surface area contributed by atoms with Crippen LogP contribution >= 0.6 is 11.3 Å². The van der Waals surface area contributed by atoms with Crippen LogP contribution in [0.25, 0.3) is 10.2 Å². The molecule has 0 aliphatic carbocycles. The van der Waals surface area contributed by atoms with Gasteiger partial charge >= 0.3 is 5.97 Å². The van der Waals surface area contributed by atoms with Crippen molar-refractivity contribution < 1.29 is 23.8 Å². The number of ether oxygens (including phenoxy) is 3. The van der Waals surface area contributed by atoms with Gasteiger partial charge in [-0.25, -0.2) is 0 Å². The minimum Gasteiger partial charge on any atom is -0.486 e. The third-order valence-corrected chi connectivity index (χ3v) is 6.05. The molecule has 0 saturated heterocycles. The third-order valence-electron chi connectivity index (χ3n) is 5.01. The van der Waals surface area contributed by atoms with Gasteiger partial charge in [0.2, 0.25) is 0 Å². The zero-order chi connectivity index (χ0) is 22.0. The molecule has 0 radical (unpaired) electrons. The number of aryl methyl sites for hydroxylation is 3. The molecule has 0 atom stereocenters. The van der Waals surface area contributed by atoms with Crippen molar-refractivity contribution in [1.82, 2.24) is 4.57 Å². The lowest BCUT2D eigenvalue weighted by molar-refractivity contribution is -0.143. The molecule has 31 heavy (non-hydrogen) atoms. The molecule has 0 spiro atoms. The van der Waals surface area contributed by atoms with Gasteiger partial charge in [-0.15, -0.1) is 0 Å². The first kappa shape index (κ1) is 21.1. The average Bonchev–Trinajstić information content (AvgIpc) is 3.08. The highest BCUT2D eigenvalue weighted by Crippen LogP contribution is 2.35. The van der Waals surface area contributed by atoms with Crippen molar-refractivity contribution in [3.63, 3.8) is 0 Å². The van der Waals surface area contributed by atoms with Crippen LogP contribution in [0, 0.1) is 13.8 Å². The second-order valence-corrected chi connectivity index (χ2v) is 8.30. The van der Waals surface area contributed by atoms with E-state index in [4.69, 9.17) is 14.2 Å². The van der Waals surface area contributed by atoms with Gasteiger partial charge in [0, 0.05) is 24.2 Å². The third kappa shape index (κ3) is 4.49. The monoisotopic (exact) mass is 440 g/mol. The van der Waals surface area contributed by atoms with E-state index in [9.17, 15) is 9.59 Å². The van der Waals surface area contributed by atoms with Crippen molar-refractivity contribution >= 4 is 33.4 Å². The second kappa shape index (κ2) is 8.93. The number of carbonyl (C=O) groups is 2. The zero-order valence-corrected chi connectivity index (χ0v) is 18.6. The van der Waals surface area contributed by atoms with Crippen molar-refractivity contribution in [2.45, 2.75) is 33.7 Å². The number of hydrogen-bond donors (Lipinski definition) is 0. The molecule has 1 aliphatic rings. The lowest BCUT2D eigenvalue weighted by Crippen LogP contribution is -2.20. The lowest BCUT2D eigenvalue weighted by atomic mass is 10.1. The molecule has 1 aromatic heterocycles. The highest BCUT2D eigenvalue weighted by Gasteiger charge is 2.18. The van der Waals surface area contributed by atoms with Crippen molar-refractivity contribution in [3.8, 4) is 11.5 Å². The van der Waals surface area contributed by atoms with Crippen LogP contribution in [0.2, 0.25) is 0 Å². The van der Waals surface area contributed by atoms with Gasteiger partial charge in [-0.05, 0) is 32.4 Å². The smallest absolute Gasteiger partial charge is 0.307 e. The zero-order valence-electron chi connectivity index (χ0n) is 17.8. The molecule has 1 aliphatic heterocycles. The van der Waals surface area contributed by atoms with Crippen LogP contribution in [0.15, 0.2) is 35.3 Å². The Morgan fingerprint density at radius 3 is 2.61 bits per heavy atom. The fourth-order valence-electron chi connectivity index (χ4n) is 3.46. The van der Waals surface area contributed by atoms with Crippen LogP contribution in [0.1, 0.15) is 34.8 Å². The first-order valence-electron chi connectivity index (χ1n) is 10.2. The summed E-state index contributed by atoms with van der Waals surface area (Å²) in [5.74, 6) is 0.715. The van der Waals surface area contributed by atoms with E-state index < -0.39 is 0 Å². The predicted molar refractivity (Wildman–Crippen MR) is 118 cm³/mol. The highest BCUT2D eigenvalue weighted by molar-refractivity contribution is 7.16. The molecule has 2 heterocycles. The van der Waals surface area contributed by atoms with Gasteiger partial charge in [-0.3, -0.25) is 9.59 Å². The van der Waals surface area contributed by atoms with Gasteiger partial charge in [0.05, 0.1) is 23.2 Å². The number of esters is 1. The first-order valence-corrected chi connectivity index (χ1v) is 11.0. The Kier molecular flexibility index (Phi) is 6.08. The Morgan fingerprint density at radius 1 is 1.13 bits per heavy atom. The van der Waals surface area contributed by atoms with Crippen LogP contribution in [-0.2, 0) is 16.1 Å². The highest BCUT2D eigenvalue weighted by atomic mass is 32.1. The molecule has 8 heteroatoms. The summed E-state index contributed by atoms with van der Waals surface area (Å²) in [6, 6.07) is 9.51. The van der Waals surface area contributed by atoms with Gasteiger partial charge in [0.25, 0.3) is 5.91 Å². The summed E-state index contributed by atoms with van der Waals surface area (Å²) < 4.78 is 19.3. The molecule has 4 rings (SSSR count). The number of carbonyl (C=O) groups excluding carboxylic acids is 2. The summed E-state index contributed by atoms with van der Waals surface area (Å²) in [5.41, 5.74) is 3.28. The Balaban J connectivity index is 1.81. The largest absolute Gasteiger partial charge is 0.486 e. The number of aromatic nitrogens is 1. The van der Waals surface area contributed by atoms with E-state index in [1.54, 1.807) is 6.92 Å². The van der Waals surface area contributed by atoms with Crippen LogP contribution in [0.4, 0.5) is 0 Å². The van der Waals surface area contributed by atoms with Crippen LogP contribution in [-0.4, -0.2) is 36.3 Å². The number of amides is 1. The van der Waals surface area contributed by atoms with Crippen molar-refractivity contribution in [2.75, 3.05) is 19.8 Å². The normalized spacial score (nSPS) is 13.5. The van der Waals surface area contributed by atoms with E-state index in [1.807, 2.05) is 48.7 Å². The van der Waals surface area contributed by atoms with Crippen molar-refractivity contribution in [3.05, 3.63) is 51.8 Å². The van der Waals surface area contributed by atoms with E-state index in [-0.39, 0.29) is 18.3 Å². The minimum atomic E-state index is -0.310. The Labute approximate surface area is 183 Å². The quantitative estimate of drug-likeness (QED) is 0.564. The number of benzene rings is 2. The molecule has 0 bridgehead atoms. The number of nitrogens with zero attached hydrogens (tertiary/aromatic N) is 2. The SMILES string of the molecule is CCOC(=O)CCn1c(=NC(=O)c2cc(C)ccc2C)sc2cc3c(cc21)OCCO3. The molecule has 0 saturated carbocycles. The van der Waals surface area contributed by atoms with Gasteiger partial charge in [0.1, 0.15) is 13.2 Å². The summed E-state index contributed by atoms with van der Waals surface area (Å²) in [4.78, 5) is 29.9. The molecule has 162 valence electrons. The summed E-state index contributed by atoms with van der Waals surface area (Å²) in [6.07, 6.45) is 0.180. The fourth-order valence-corrected chi connectivity index (χ4v) is 4.52. The number of fused-ring (bicyclic) bond motifs is 2. The standard InChI is InChI=1S/C23H24N2O5S/c1-4-28-21(26)7-8-25-17-12-18-19(30-10-9-29-18)13-20(17)31-23(25)24-22(27)16-11-14(2)5-6-15(16)3/h5-6,11-13H,4,7-10H2,1-3H3. The molecule has 3 aromatic rings. The molecular weight excluding hydrogens is 416 g/mol. The van der Waals surface area contributed by atoms with Gasteiger partial charge < -0.3 is 18.8 Å². The Morgan fingerprint density at radius 2 is 1.87 bits per heavy atom.